The third-order valence-corrected chi connectivity index (χ3v) is 4.98. The third-order valence-electron chi connectivity index (χ3n) is 4.05. The molecule has 0 unspecified atom stereocenters. The Bertz CT molecular complexity index is 498. The van der Waals surface area contributed by atoms with Crippen molar-refractivity contribution in [3.8, 4) is 0 Å². The molecule has 0 atom stereocenters. The maximum Gasteiger partial charge on any atom is 0.0762 e. The number of aromatic nitrogens is 2. The van der Waals surface area contributed by atoms with E-state index in [1.807, 2.05) is 11.3 Å². The molecular weight excluding hydrogens is 266 g/mol. The number of nitrogens with one attached hydrogen (secondary N) is 1. The lowest BCUT2D eigenvalue weighted by molar-refractivity contribution is 0.327. The normalized spacial score (nSPS) is 16.6. The molecule has 0 spiro atoms. The Morgan fingerprint density at radius 1 is 1.25 bits per heavy atom. The van der Waals surface area contributed by atoms with Gasteiger partial charge in [0.25, 0.3) is 0 Å². The second kappa shape index (κ2) is 7.04. The van der Waals surface area contributed by atoms with Gasteiger partial charge in [-0.25, -0.2) is 0 Å². The highest BCUT2D eigenvalue weighted by atomic mass is 32.1. The van der Waals surface area contributed by atoms with E-state index in [1.54, 1.807) is 0 Å². The fraction of sp³-hybridized carbons (Fsp3) is 0.562. The highest BCUT2D eigenvalue weighted by molar-refractivity contribution is 7.09. The van der Waals surface area contributed by atoms with Crippen LogP contribution < -0.4 is 5.32 Å². The van der Waals surface area contributed by atoms with E-state index in [-0.39, 0.29) is 0 Å². The van der Waals surface area contributed by atoms with E-state index in [9.17, 15) is 0 Å². The molecule has 20 heavy (non-hydrogen) atoms. The van der Waals surface area contributed by atoms with Crippen LogP contribution in [0.4, 0.5) is 0 Å². The van der Waals surface area contributed by atoms with Crippen molar-refractivity contribution < 1.29 is 0 Å². The van der Waals surface area contributed by atoms with Crippen LogP contribution >= 0.6 is 11.3 Å². The van der Waals surface area contributed by atoms with Crippen LogP contribution in [-0.4, -0.2) is 16.3 Å². The minimum atomic E-state index is 0.642. The molecule has 1 N–H and O–H groups in total. The summed E-state index contributed by atoms with van der Waals surface area (Å²) in [6.07, 6.45) is 9.99. The van der Waals surface area contributed by atoms with Gasteiger partial charge in [0.1, 0.15) is 0 Å². The molecule has 1 saturated carbocycles. The summed E-state index contributed by atoms with van der Waals surface area (Å²) in [5.74, 6) is 0. The summed E-state index contributed by atoms with van der Waals surface area (Å²) in [7, 11) is 0. The van der Waals surface area contributed by atoms with E-state index in [1.165, 1.54) is 42.7 Å². The zero-order valence-electron chi connectivity index (χ0n) is 11.9. The standard InChI is InChI=1S/C16H23N3S/c1-2-5-15(6-3-1)19-11-9-14(18-19)13-17-10-8-16-7-4-12-20-16/h4,7,9,11-12,15,17H,1-3,5-6,8,10,13H2. The smallest absolute Gasteiger partial charge is 0.0762 e. The van der Waals surface area contributed by atoms with Gasteiger partial charge in [0.15, 0.2) is 0 Å². The molecule has 0 bridgehead atoms. The zero-order valence-corrected chi connectivity index (χ0v) is 12.7. The molecule has 1 fully saturated rings. The summed E-state index contributed by atoms with van der Waals surface area (Å²) in [6.45, 7) is 1.90. The molecule has 2 aromatic heterocycles. The van der Waals surface area contributed by atoms with Gasteiger partial charge in [0.05, 0.1) is 11.7 Å². The van der Waals surface area contributed by atoms with Gasteiger partial charge >= 0.3 is 0 Å². The molecule has 4 heteroatoms. The molecule has 108 valence electrons. The number of thiophene rings is 1. The van der Waals surface area contributed by atoms with Crippen molar-refractivity contribution in [2.24, 2.45) is 0 Å². The predicted octanol–water partition coefficient (Wildman–Crippen LogP) is 3.78. The van der Waals surface area contributed by atoms with Gasteiger partial charge in [-0.1, -0.05) is 25.3 Å². The first-order valence-electron chi connectivity index (χ1n) is 7.69. The number of hydrogen-bond acceptors (Lipinski definition) is 3. The van der Waals surface area contributed by atoms with E-state index >= 15 is 0 Å². The second-order valence-corrected chi connectivity index (χ2v) is 6.62. The van der Waals surface area contributed by atoms with Crippen molar-refractivity contribution in [3.05, 3.63) is 40.3 Å². The lowest BCUT2D eigenvalue weighted by Gasteiger charge is -2.21. The molecule has 0 aromatic carbocycles. The van der Waals surface area contributed by atoms with Gasteiger partial charge in [-0.15, -0.1) is 11.3 Å². The predicted molar refractivity (Wildman–Crippen MR) is 84.1 cm³/mol. The van der Waals surface area contributed by atoms with Crippen molar-refractivity contribution in [2.75, 3.05) is 6.54 Å². The summed E-state index contributed by atoms with van der Waals surface area (Å²) in [5.41, 5.74) is 1.17. The van der Waals surface area contributed by atoms with Crippen LogP contribution in [0, 0.1) is 0 Å². The van der Waals surface area contributed by atoms with Crippen molar-refractivity contribution in [3.63, 3.8) is 0 Å². The van der Waals surface area contributed by atoms with Crippen LogP contribution in [0.5, 0.6) is 0 Å². The molecule has 0 saturated heterocycles. The molecule has 2 aromatic rings. The zero-order chi connectivity index (χ0) is 13.6. The summed E-state index contributed by atoms with van der Waals surface area (Å²) in [6, 6.07) is 7.12. The van der Waals surface area contributed by atoms with Crippen molar-refractivity contribution in [1.29, 1.82) is 0 Å². The van der Waals surface area contributed by atoms with Gasteiger partial charge in [-0.2, -0.15) is 5.10 Å². The molecule has 0 aliphatic heterocycles. The van der Waals surface area contributed by atoms with E-state index in [2.05, 4.69) is 39.8 Å². The fourth-order valence-corrected chi connectivity index (χ4v) is 3.61. The summed E-state index contributed by atoms with van der Waals surface area (Å²) < 4.78 is 2.19. The average Bonchev–Trinajstić information content (AvgIpc) is 3.16. The van der Waals surface area contributed by atoms with Gasteiger partial charge in [-0.3, -0.25) is 4.68 Å². The number of hydrogen-bond donors (Lipinski definition) is 1. The summed E-state index contributed by atoms with van der Waals surface area (Å²) >= 11 is 1.83. The van der Waals surface area contributed by atoms with Gasteiger partial charge in [0.2, 0.25) is 0 Å². The largest absolute Gasteiger partial charge is 0.311 e. The average molecular weight is 289 g/mol. The minimum absolute atomic E-state index is 0.642. The van der Waals surface area contributed by atoms with Crippen molar-refractivity contribution in [2.45, 2.75) is 51.1 Å². The van der Waals surface area contributed by atoms with Crippen LogP contribution in [0.3, 0.4) is 0 Å². The minimum Gasteiger partial charge on any atom is -0.311 e. The molecular formula is C16H23N3S. The van der Waals surface area contributed by atoms with Gasteiger partial charge in [0, 0.05) is 24.2 Å². The highest BCUT2D eigenvalue weighted by Crippen LogP contribution is 2.27. The first-order chi connectivity index (χ1) is 9.92. The Kier molecular flexibility index (Phi) is 4.87. The molecule has 1 aliphatic rings. The number of nitrogens with zero attached hydrogens (tertiary/aromatic N) is 2. The fourth-order valence-electron chi connectivity index (χ4n) is 2.90. The molecule has 0 amide bonds. The molecule has 3 nitrogen and oxygen atoms in total. The summed E-state index contributed by atoms with van der Waals surface area (Å²) in [5, 5.41) is 10.4. The molecule has 3 rings (SSSR count). The first-order valence-corrected chi connectivity index (χ1v) is 8.57. The van der Waals surface area contributed by atoms with Crippen LogP contribution in [0.2, 0.25) is 0 Å². The van der Waals surface area contributed by atoms with Crippen molar-refractivity contribution >= 4 is 11.3 Å². The van der Waals surface area contributed by atoms with E-state index in [0.717, 1.165) is 19.5 Å². The lowest BCUT2D eigenvalue weighted by atomic mass is 9.96. The molecule has 1 aliphatic carbocycles. The number of rotatable bonds is 6. The Morgan fingerprint density at radius 2 is 2.15 bits per heavy atom. The Balaban J connectivity index is 1.42. The first kappa shape index (κ1) is 13.8. The van der Waals surface area contributed by atoms with E-state index in [0.29, 0.717) is 6.04 Å². The molecule has 2 heterocycles. The Hall–Kier alpha value is -1.13. The van der Waals surface area contributed by atoms with Crippen molar-refractivity contribution in [1.82, 2.24) is 15.1 Å². The van der Waals surface area contributed by atoms with Crippen LogP contribution in [-0.2, 0) is 13.0 Å². The maximum atomic E-state index is 4.73. The topological polar surface area (TPSA) is 29.9 Å². The highest BCUT2D eigenvalue weighted by Gasteiger charge is 2.15. The maximum absolute atomic E-state index is 4.73. The Morgan fingerprint density at radius 3 is 2.95 bits per heavy atom. The third kappa shape index (κ3) is 3.70. The van der Waals surface area contributed by atoms with Crippen LogP contribution in [0.25, 0.3) is 0 Å². The SMILES string of the molecule is c1csc(CCNCc2ccn(C3CCCCC3)n2)c1. The quantitative estimate of drug-likeness (QED) is 0.820. The van der Waals surface area contributed by atoms with Gasteiger partial charge in [-0.05, 0) is 36.8 Å². The van der Waals surface area contributed by atoms with E-state index in [4.69, 9.17) is 5.10 Å². The monoisotopic (exact) mass is 289 g/mol. The Labute approximate surface area is 125 Å². The molecule has 0 radical (unpaired) electrons. The lowest BCUT2D eigenvalue weighted by Crippen LogP contribution is -2.18. The van der Waals surface area contributed by atoms with Gasteiger partial charge < -0.3 is 5.32 Å². The van der Waals surface area contributed by atoms with Crippen LogP contribution in [0.1, 0.15) is 48.7 Å². The second-order valence-electron chi connectivity index (χ2n) is 5.59. The summed E-state index contributed by atoms with van der Waals surface area (Å²) in [4.78, 5) is 1.45. The van der Waals surface area contributed by atoms with Crippen LogP contribution in [0.15, 0.2) is 29.8 Å². The van der Waals surface area contributed by atoms with E-state index < -0.39 is 0 Å².